The van der Waals surface area contributed by atoms with Gasteiger partial charge in [0.15, 0.2) is 5.79 Å². The highest BCUT2D eigenvalue weighted by atomic mass is 35.5. The fraction of sp³-hybridized carbons (Fsp3) is 0.588. The number of halogens is 1. The van der Waals surface area contributed by atoms with Crippen molar-refractivity contribution in [2.24, 2.45) is 0 Å². The summed E-state index contributed by atoms with van der Waals surface area (Å²) in [4.78, 5) is 11.6. The van der Waals surface area contributed by atoms with E-state index in [1.165, 1.54) is 6.92 Å². The standard InChI is InChI=1S/C17H22ClNO6/c1-9(20)19-13-14(21)15-12(8-22-17(2,3)25-15)24-16(13)23-11-6-4-10(18)5-7-11/h4-7,12-16,21H,8H2,1-3H3,(H,19,20)/t12-,13+,14-,15-,16-/m1/s1. The first-order valence-electron chi connectivity index (χ1n) is 8.10. The molecule has 138 valence electrons. The van der Waals surface area contributed by atoms with E-state index in [-0.39, 0.29) is 12.5 Å². The molecule has 1 amide bonds. The summed E-state index contributed by atoms with van der Waals surface area (Å²) in [5, 5.41) is 14.0. The maximum atomic E-state index is 11.6. The number of nitrogens with one attached hydrogen (secondary N) is 1. The van der Waals surface area contributed by atoms with Gasteiger partial charge < -0.3 is 29.4 Å². The molecule has 0 spiro atoms. The Labute approximate surface area is 151 Å². The van der Waals surface area contributed by atoms with Gasteiger partial charge in [0.1, 0.15) is 30.1 Å². The van der Waals surface area contributed by atoms with E-state index in [0.29, 0.717) is 10.8 Å². The normalized spacial score (nSPS) is 34.0. The first-order valence-corrected chi connectivity index (χ1v) is 8.47. The van der Waals surface area contributed by atoms with Crippen molar-refractivity contribution in [1.82, 2.24) is 5.32 Å². The summed E-state index contributed by atoms with van der Waals surface area (Å²) in [7, 11) is 0. The minimum absolute atomic E-state index is 0.252. The molecule has 0 aliphatic carbocycles. The smallest absolute Gasteiger partial charge is 0.223 e. The number of amides is 1. The number of hydrogen-bond acceptors (Lipinski definition) is 6. The molecule has 3 rings (SSSR count). The molecule has 2 fully saturated rings. The van der Waals surface area contributed by atoms with Crippen LogP contribution in [0.2, 0.25) is 5.02 Å². The number of carbonyl (C=O) groups is 1. The number of carbonyl (C=O) groups excluding carboxylic acids is 1. The second kappa shape index (κ2) is 7.09. The van der Waals surface area contributed by atoms with E-state index in [4.69, 9.17) is 30.5 Å². The van der Waals surface area contributed by atoms with Gasteiger partial charge in [-0.05, 0) is 38.1 Å². The van der Waals surface area contributed by atoms with Crippen molar-refractivity contribution in [2.45, 2.75) is 57.2 Å². The maximum absolute atomic E-state index is 11.6. The molecule has 2 saturated heterocycles. The average Bonchev–Trinajstić information content (AvgIpc) is 2.53. The molecule has 2 aliphatic heterocycles. The predicted molar refractivity (Wildman–Crippen MR) is 89.3 cm³/mol. The maximum Gasteiger partial charge on any atom is 0.223 e. The molecule has 0 radical (unpaired) electrons. The van der Waals surface area contributed by atoms with Crippen LogP contribution in [0.15, 0.2) is 24.3 Å². The molecule has 25 heavy (non-hydrogen) atoms. The quantitative estimate of drug-likeness (QED) is 0.836. The first kappa shape index (κ1) is 18.4. The summed E-state index contributed by atoms with van der Waals surface area (Å²) in [6.07, 6.45) is -3.05. The minimum atomic E-state index is -1.01. The third kappa shape index (κ3) is 4.24. The van der Waals surface area contributed by atoms with Crippen LogP contribution >= 0.6 is 11.6 Å². The van der Waals surface area contributed by atoms with Gasteiger partial charge in [-0.25, -0.2) is 0 Å². The van der Waals surface area contributed by atoms with Gasteiger partial charge in [0, 0.05) is 11.9 Å². The Kier molecular flexibility index (Phi) is 5.22. The molecule has 0 saturated carbocycles. The average molecular weight is 372 g/mol. The molecule has 5 atom stereocenters. The Balaban J connectivity index is 1.80. The molecule has 8 heteroatoms. The van der Waals surface area contributed by atoms with Gasteiger partial charge in [-0.3, -0.25) is 4.79 Å². The lowest BCUT2D eigenvalue weighted by atomic mass is 9.95. The van der Waals surface area contributed by atoms with Gasteiger partial charge in [0.25, 0.3) is 0 Å². The zero-order chi connectivity index (χ0) is 18.2. The molecular formula is C17H22ClNO6. The number of aliphatic hydroxyl groups is 1. The Morgan fingerprint density at radius 1 is 1.36 bits per heavy atom. The van der Waals surface area contributed by atoms with Gasteiger partial charge >= 0.3 is 0 Å². The van der Waals surface area contributed by atoms with Crippen LogP contribution < -0.4 is 10.1 Å². The third-order valence-electron chi connectivity index (χ3n) is 4.12. The van der Waals surface area contributed by atoms with E-state index < -0.39 is 36.4 Å². The van der Waals surface area contributed by atoms with Crippen molar-refractivity contribution < 1.29 is 28.8 Å². The Hall–Kier alpha value is -1.38. The molecular weight excluding hydrogens is 350 g/mol. The summed E-state index contributed by atoms with van der Waals surface area (Å²) < 4.78 is 23.1. The molecule has 1 aromatic rings. The number of hydrogen-bond donors (Lipinski definition) is 2. The lowest BCUT2D eigenvalue weighted by molar-refractivity contribution is -0.361. The van der Waals surface area contributed by atoms with Gasteiger partial charge in [0.2, 0.25) is 12.2 Å². The van der Waals surface area contributed by atoms with Crippen LogP contribution in [0.1, 0.15) is 20.8 Å². The Bertz CT molecular complexity index is 622. The molecule has 2 heterocycles. The van der Waals surface area contributed by atoms with Crippen LogP contribution in [-0.2, 0) is 19.0 Å². The molecule has 0 aromatic heterocycles. The Morgan fingerprint density at radius 3 is 2.68 bits per heavy atom. The van der Waals surface area contributed by atoms with E-state index in [0.717, 1.165) is 0 Å². The second-order valence-electron chi connectivity index (χ2n) is 6.62. The topological polar surface area (TPSA) is 86.3 Å². The van der Waals surface area contributed by atoms with Crippen LogP contribution in [0.3, 0.4) is 0 Å². The molecule has 1 aromatic carbocycles. The third-order valence-corrected chi connectivity index (χ3v) is 4.38. The highest BCUT2D eigenvalue weighted by molar-refractivity contribution is 6.30. The van der Waals surface area contributed by atoms with Gasteiger partial charge in [0.05, 0.1) is 6.61 Å². The lowest BCUT2D eigenvalue weighted by Crippen LogP contribution is -2.69. The van der Waals surface area contributed by atoms with Crippen molar-refractivity contribution in [3.05, 3.63) is 29.3 Å². The van der Waals surface area contributed by atoms with Crippen LogP contribution in [0.25, 0.3) is 0 Å². The summed E-state index contributed by atoms with van der Waals surface area (Å²) in [5.74, 6) is -0.633. The highest BCUT2D eigenvalue weighted by Gasteiger charge is 2.52. The van der Waals surface area contributed by atoms with Crippen molar-refractivity contribution in [3.63, 3.8) is 0 Å². The fourth-order valence-corrected chi connectivity index (χ4v) is 3.11. The lowest BCUT2D eigenvalue weighted by Gasteiger charge is -2.49. The number of aliphatic hydroxyl groups excluding tert-OH is 1. The van der Waals surface area contributed by atoms with Crippen LogP contribution in [-0.4, -0.2) is 54.1 Å². The van der Waals surface area contributed by atoms with Crippen molar-refractivity contribution in [1.29, 1.82) is 0 Å². The number of benzene rings is 1. The highest BCUT2D eigenvalue weighted by Crippen LogP contribution is 2.33. The largest absolute Gasteiger partial charge is 0.463 e. The number of ether oxygens (including phenoxy) is 4. The number of fused-ring (bicyclic) bond motifs is 1. The zero-order valence-corrected chi connectivity index (χ0v) is 15.0. The minimum Gasteiger partial charge on any atom is -0.463 e. The SMILES string of the molecule is CC(=O)N[C@@H]1[C@H](Oc2ccc(Cl)cc2)O[C@@H]2COC(C)(C)O[C@H]2[C@@H]1O. The monoisotopic (exact) mass is 371 g/mol. The van der Waals surface area contributed by atoms with Crippen LogP contribution in [0, 0.1) is 0 Å². The molecule has 2 N–H and O–H groups in total. The summed E-state index contributed by atoms with van der Waals surface area (Å²) in [6, 6.07) is 5.95. The van der Waals surface area contributed by atoms with Gasteiger partial charge in [-0.1, -0.05) is 11.6 Å². The summed E-state index contributed by atoms with van der Waals surface area (Å²) in [5.41, 5.74) is 0. The summed E-state index contributed by atoms with van der Waals surface area (Å²) in [6.45, 7) is 5.15. The van der Waals surface area contributed by atoms with Crippen molar-refractivity contribution >= 4 is 17.5 Å². The predicted octanol–water partition coefficient (Wildman–Crippen LogP) is 1.46. The van der Waals surface area contributed by atoms with Crippen LogP contribution in [0.4, 0.5) is 0 Å². The summed E-state index contributed by atoms with van der Waals surface area (Å²) >= 11 is 5.88. The Morgan fingerprint density at radius 2 is 2.04 bits per heavy atom. The van der Waals surface area contributed by atoms with Crippen molar-refractivity contribution in [2.75, 3.05) is 6.61 Å². The van der Waals surface area contributed by atoms with Gasteiger partial charge in [-0.15, -0.1) is 0 Å². The van der Waals surface area contributed by atoms with E-state index in [2.05, 4.69) is 5.32 Å². The molecule has 7 nitrogen and oxygen atoms in total. The van der Waals surface area contributed by atoms with E-state index in [1.54, 1.807) is 38.1 Å². The molecule has 0 bridgehead atoms. The van der Waals surface area contributed by atoms with Gasteiger partial charge in [-0.2, -0.15) is 0 Å². The fourth-order valence-electron chi connectivity index (χ4n) is 2.98. The first-order chi connectivity index (χ1) is 11.7. The molecule has 2 aliphatic rings. The van der Waals surface area contributed by atoms with Crippen molar-refractivity contribution in [3.8, 4) is 5.75 Å². The van der Waals surface area contributed by atoms with E-state index >= 15 is 0 Å². The van der Waals surface area contributed by atoms with E-state index in [1.807, 2.05) is 0 Å². The van der Waals surface area contributed by atoms with Crippen LogP contribution in [0.5, 0.6) is 5.75 Å². The number of rotatable bonds is 3. The molecule has 0 unspecified atom stereocenters. The zero-order valence-electron chi connectivity index (χ0n) is 14.3. The van der Waals surface area contributed by atoms with E-state index in [9.17, 15) is 9.90 Å². The second-order valence-corrected chi connectivity index (χ2v) is 7.06.